The number of halogens is 10. The molecule has 0 saturated heterocycles. The van der Waals surface area contributed by atoms with Crippen LogP contribution in [0.4, 0.5) is 30.7 Å². The average molecular weight is 598 g/mol. The maximum atomic E-state index is 14.5. The molecule has 0 aliphatic heterocycles. The van der Waals surface area contributed by atoms with Crippen molar-refractivity contribution in [2.24, 2.45) is 5.41 Å². The molecule has 3 aromatic rings. The van der Waals surface area contributed by atoms with Gasteiger partial charge < -0.3 is 4.57 Å². The van der Waals surface area contributed by atoms with Gasteiger partial charge in [-0.15, -0.1) is 0 Å². The summed E-state index contributed by atoms with van der Waals surface area (Å²) < 4.78 is 94.7. The van der Waals surface area contributed by atoms with Crippen LogP contribution in [0.2, 0.25) is 15.1 Å². The van der Waals surface area contributed by atoms with E-state index in [1.165, 1.54) is 35.2 Å². The van der Waals surface area contributed by atoms with Crippen LogP contribution in [0.3, 0.4) is 0 Å². The summed E-state index contributed by atoms with van der Waals surface area (Å²) in [5.74, 6) is -0.318. The molecule has 13 heteroatoms. The summed E-state index contributed by atoms with van der Waals surface area (Å²) in [6, 6.07) is 8.70. The number of Topliss-reactive ketones (excluding diaryl/α,β-unsaturated/α-hetero) is 1. The standard InChI is InChI=1S/C25H14Cl3F7N2O/c26-17-2-1-13(7-16(17)20(38)10-22(12-36)4-5-22)14-3-6-37(11-14)21-18(27)8-15(9-19(21)28)23(29,24(30,31)32)25(33,34)35/h1-3,6-9,11H,4-5,10H2. The van der Waals surface area contributed by atoms with Crippen LogP contribution in [-0.2, 0) is 5.67 Å². The van der Waals surface area contributed by atoms with Crippen molar-refractivity contribution in [2.75, 3.05) is 0 Å². The second kappa shape index (κ2) is 9.47. The van der Waals surface area contributed by atoms with Crippen molar-refractivity contribution in [3.05, 3.63) is 75.0 Å². The molecule has 1 aliphatic carbocycles. The highest BCUT2D eigenvalue weighted by atomic mass is 35.5. The zero-order valence-electron chi connectivity index (χ0n) is 18.8. The third-order valence-corrected chi connectivity index (χ3v) is 7.24. The summed E-state index contributed by atoms with van der Waals surface area (Å²) in [5.41, 5.74) is -7.21. The van der Waals surface area contributed by atoms with Crippen LogP contribution in [0.15, 0.2) is 48.8 Å². The minimum absolute atomic E-state index is 0.0111. The van der Waals surface area contributed by atoms with Gasteiger partial charge in [-0.2, -0.15) is 31.6 Å². The molecule has 1 saturated carbocycles. The van der Waals surface area contributed by atoms with Crippen molar-refractivity contribution in [2.45, 2.75) is 37.3 Å². The number of nitrogens with zero attached hydrogens (tertiary/aromatic N) is 2. The van der Waals surface area contributed by atoms with Gasteiger partial charge in [0, 0.05) is 29.9 Å². The van der Waals surface area contributed by atoms with E-state index in [2.05, 4.69) is 6.07 Å². The Balaban J connectivity index is 1.70. The predicted octanol–water partition coefficient (Wildman–Crippen LogP) is 9.27. The number of carbonyl (C=O) groups excluding carboxylic acids is 1. The van der Waals surface area contributed by atoms with Crippen LogP contribution in [-0.4, -0.2) is 22.7 Å². The fourth-order valence-electron chi connectivity index (χ4n) is 4.01. The van der Waals surface area contributed by atoms with E-state index in [-0.39, 0.29) is 40.6 Å². The van der Waals surface area contributed by atoms with Crippen LogP contribution in [0.1, 0.15) is 35.2 Å². The Morgan fingerprint density at radius 1 is 0.895 bits per heavy atom. The minimum atomic E-state index is -6.32. The van der Waals surface area contributed by atoms with Crippen molar-refractivity contribution in [3.8, 4) is 22.9 Å². The number of nitriles is 1. The number of hydrogen-bond donors (Lipinski definition) is 0. The number of hydrogen-bond acceptors (Lipinski definition) is 2. The molecule has 38 heavy (non-hydrogen) atoms. The van der Waals surface area contributed by atoms with Gasteiger partial charge in [-0.3, -0.25) is 4.79 Å². The van der Waals surface area contributed by atoms with E-state index in [9.17, 15) is 40.8 Å². The highest BCUT2D eigenvalue weighted by molar-refractivity contribution is 6.38. The second-order valence-corrected chi connectivity index (χ2v) is 10.2. The molecule has 0 radical (unpaired) electrons. The molecular weight excluding hydrogens is 584 g/mol. The summed E-state index contributed by atoms with van der Waals surface area (Å²) in [5, 5.41) is 8.11. The highest BCUT2D eigenvalue weighted by Gasteiger charge is 2.73. The van der Waals surface area contributed by atoms with E-state index < -0.39 is 39.0 Å². The zero-order valence-corrected chi connectivity index (χ0v) is 21.1. The number of benzene rings is 2. The van der Waals surface area contributed by atoms with E-state index in [1.54, 1.807) is 6.07 Å². The van der Waals surface area contributed by atoms with Gasteiger partial charge in [0.25, 0.3) is 0 Å². The number of alkyl halides is 7. The SMILES string of the molecule is N#CC1(CC(=O)c2cc(-c3ccn(-c4c(Cl)cc(C(F)(C(F)(F)F)C(F)(F)F)cc4Cl)c3)ccc2Cl)CC1. The Hall–Kier alpha value is -2.74. The molecule has 0 N–H and O–H groups in total. The Bertz CT molecular complexity index is 1430. The Kier molecular flexibility index (Phi) is 7.05. The first kappa shape index (κ1) is 28.3. The molecule has 1 aromatic heterocycles. The van der Waals surface area contributed by atoms with Crippen LogP contribution < -0.4 is 0 Å². The Morgan fingerprint density at radius 3 is 1.97 bits per heavy atom. The summed E-state index contributed by atoms with van der Waals surface area (Å²) >= 11 is 18.2. The lowest BCUT2D eigenvalue weighted by Gasteiger charge is -2.30. The number of rotatable bonds is 6. The normalized spacial score (nSPS) is 15.3. The smallest absolute Gasteiger partial charge is 0.321 e. The van der Waals surface area contributed by atoms with Gasteiger partial charge in [-0.25, -0.2) is 4.39 Å². The lowest BCUT2D eigenvalue weighted by molar-refractivity contribution is -0.348. The molecule has 0 spiro atoms. The Labute approximate surface area is 226 Å². The molecule has 0 unspecified atom stereocenters. The zero-order chi connectivity index (χ0) is 28.3. The van der Waals surface area contributed by atoms with E-state index in [4.69, 9.17) is 34.8 Å². The maximum Gasteiger partial charge on any atom is 0.435 e. The molecule has 2 aromatic carbocycles. The van der Waals surface area contributed by atoms with Gasteiger partial charge in [-0.1, -0.05) is 40.9 Å². The van der Waals surface area contributed by atoms with Gasteiger partial charge >= 0.3 is 18.0 Å². The minimum Gasteiger partial charge on any atom is -0.321 e. The first-order chi connectivity index (χ1) is 17.5. The van der Waals surface area contributed by atoms with Crippen molar-refractivity contribution < 1.29 is 35.5 Å². The fraction of sp³-hybridized carbons (Fsp3) is 0.280. The molecule has 200 valence electrons. The van der Waals surface area contributed by atoms with Crippen LogP contribution in [0.25, 0.3) is 16.8 Å². The summed E-state index contributed by atoms with van der Waals surface area (Å²) in [4.78, 5) is 12.8. The van der Waals surface area contributed by atoms with E-state index in [1.807, 2.05) is 0 Å². The quantitative estimate of drug-likeness (QED) is 0.210. The van der Waals surface area contributed by atoms with Crippen LogP contribution in [0, 0.1) is 16.7 Å². The third-order valence-electron chi connectivity index (χ3n) is 6.34. The monoisotopic (exact) mass is 596 g/mol. The Morgan fingerprint density at radius 2 is 1.47 bits per heavy atom. The lowest BCUT2D eigenvalue weighted by atomic mass is 9.94. The first-order valence-electron chi connectivity index (χ1n) is 10.8. The number of aromatic nitrogens is 1. The number of carbonyl (C=O) groups is 1. The van der Waals surface area contributed by atoms with Crippen molar-refractivity contribution in [3.63, 3.8) is 0 Å². The van der Waals surface area contributed by atoms with Gasteiger partial charge in [0.2, 0.25) is 0 Å². The largest absolute Gasteiger partial charge is 0.435 e. The van der Waals surface area contributed by atoms with E-state index in [0.29, 0.717) is 24.0 Å². The van der Waals surface area contributed by atoms with E-state index >= 15 is 0 Å². The van der Waals surface area contributed by atoms with Crippen molar-refractivity contribution in [1.29, 1.82) is 5.26 Å². The topological polar surface area (TPSA) is 45.8 Å². The van der Waals surface area contributed by atoms with Crippen LogP contribution >= 0.6 is 34.8 Å². The summed E-state index contributed by atoms with van der Waals surface area (Å²) in [6.45, 7) is 0. The van der Waals surface area contributed by atoms with Gasteiger partial charge in [0.15, 0.2) is 5.78 Å². The van der Waals surface area contributed by atoms with Crippen molar-refractivity contribution >= 4 is 40.6 Å². The molecule has 3 nitrogen and oxygen atoms in total. The molecule has 1 aliphatic rings. The first-order valence-corrected chi connectivity index (χ1v) is 11.9. The summed E-state index contributed by atoms with van der Waals surface area (Å²) in [6.07, 6.45) is -8.61. The lowest BCUT2D eigenvalue weighted by Crippen LogP contribution is -2.50. The van der Waals surface area contributed by atoms with Crippen molar-refractivity contribution in [1.82, 2.24) is 4.57 Å². The second-order valence-electron chi connectivity index (χ2n) is 8.94. The predicted molar refractivity (Wildman–Crippen MR) is 127 cm³/mol. The molecule has 1 fully saturated rings. The highest BCUT2D eigenvalue weighted by Crippen LogP contribution is 2.54. The van der Waals surface area contributed by atoms with Gasteiger partial charge in [0.1, 0.15) is 0 Å². The van der Waals surface area contributed by atoms with Gasteiger partial charge in [0.05, 0.1) is 32.2 Å². The molecule has 0 bridgehead atoms. The number of ketones is 1. The van der Waals surface area contributed by atoms with Gasteiger partial charge in [-0.05, 0) is 54.3 Å². The summed E-state index contributed by atoms with van der Waals surface area (Å²) in [7, 11) is 0. The average Bonchev–Trinajstić information content (AvgIpc) is 3.42. The van der Waals surface area contributed by atoms with E-state index in [0.717, 1.165) is 0 Å². The molecule has 1 heterocycles. The maximum absolute atomic E-state index is 14.5. The van der Waals surface area contributed by atoms with Crippen LogP contribution in [0.5, 0.6) is 0 Å². The fourth-order valence-corrected chi connectivity index (χ4v) is 4.91. The molecule has 0 amide bonds. The third kappa shape index (κ3) is 4.88. The molecule has 4 rings (SSSR count). The molecule has 0 atom stereocenters. The molecular formula is C25H14Cl3F7N2O.